The standard InChI is InChI=1S/C43H85NO6/c1-4-7-10-13-15-16-17-20-25-32-42(46)49-39-30-23-28-35-44(36-37-45)34-27-22-18-21-26-33-43(47)50-41(31-24-19-14-11-8-5-2)40-48-38-29-12-9-6-3/h41,45H,4-40H2,1-3H3. The van der Waals surface area contributed by atoms with Gasteiger partial charge in [-0.15, -0.1) is 0 Å². The van der Waals surface area contributed by atoms with Gasteiger partial charge in [0.05, 0.1) is 19.8 Å². The molecule has 7 heteroatoms. The lowest BCUT2D eigenvalue weighted by molar-refractivity contribution is -0.153. The molecule has 1 atom stereocenters. The monoisotopic (exact) mass is 712 g/mol. The van der Waals surface area contributed by atoms with Gasteiger partial charge >= 0.3 is 11.9 Å². The zero-order chi connectivity index (χ0) is 36.6. The Labute approximate surface area is 310 Å². The maximum absolute atomic E-state index is 12.6. The summed E-state index contributed by atoms with van der Waals surface area (Å²) in [5.74, 6) is -0.115. The fourth-order valence-corrected chi connectivity index (χ4v) is 6.48. The fourth-order valence-electron chi connectivity index (χ4n) is 6.48. The first kappa shape index (κ1) is 48.8. The minimum absolute atomic E-state index is 0.0439. The summed E-state index contributed by atoms with van der Waals surface area (Å²) in [4.78, 5) is 27.0. The lowest BCUT2D eigenvalue weighted by Crippen LogP contribution is -2.29. The maximum Gasteiger partial charge on any atom is 0.306 e. The van der Waals surface area contributed by atoms with E-state index < -0.39 is 0 Å². The average molecular weight is 712 g/mol. The molecule has 298 valence electrons. The molecule has 0 rings (SSSR count). The molecule has 1 unspecified atom stereocenters. The van der Waals surface area contributed by atoms with Crippen LogP contribution in [0.15, 0.2) is 0 Å². The Balaban J connectivity index is 3.95. The highest BCUT2D eigenvalue weighted by Gasteiger charge is 2.15. The lowest BCUT2D eigenvalue weighted by atomic mass is 10.1. The van der Waals surface area contributed by atoms with Gasteiger partial charge in [0.1, 0.15) is 6.10 Å². The van der Waals surface area contributed by atoms with Crippen molar-refractivity contribution in [2.45, 2.75) is 219 Å². The maximum atomic E-state index is 12.6. The second kappa shape index (κ2) is 40.6. The van der Waals surface area contributed by atoms with Crippen LogP contribution in [0.3, 0.4) is 0 Å². The van der Waals surface area contributed by atoms with Crippen molar-refractivity contribution in [1.29, 1.82) is 0 Å². The second-order valence-corrected chi connectivity index (χ2v) is 14.7. The van der Waals surface area contributed by atoms with Crippen molar-refractivity contribution in [1.82, 2.24) is 4.90 Å². The largest absolute Gasteiger partial charge is 0.466 e. The topological polar surface area (TPSA) is 85.3 Å². The molecule has 0 aliphatic heterocycles. The highest BCUT2D eigenvalue weighted by atomic mass is 16.6. The molecule has 50 heavy (non-hydrogen) atoms. The quantitative estimate of drug-likeness (QED) is 0.0499. The second-order valence-electron chi connectivity index (χ2n) is 14.7. The summed E-state index contributed by atoms with van der Waals surface area (Å²) in [5.41, 5.74) is 0. The van der Waals surface area contributed by atoms with Crippen molar-refractivity contribution in [3.05, 3.63) is 0 Å². The summed E-state index contributed by atoms with van der Waals surface area (Å²) in [6.45, 7) is 11.4. The van der Waals surface area contributed by atoms with Crippen LogP contribution in [0.25, 0.3) is 0 Å². The van der Waals surface area contributed by atoms with E-state index in [9.17, 15) is 14.7 Å². The van der Waals surface area contributed by atoms with Crippen molar-refractivity contribution in [2.24, 2.45) is 0 Å². The van der Waals surface area contributed by atoms with Gasteiger partial charge in [0.2, 0.25) is 0 Å². The Morgan fingerprint density at radius 3 is 1.50 bits per heavy atom. The van der Waals surface area contributed by atoms with Gasteiger partial charge in [-0.25, -0.2) is 0 Å². The molecular formula is C43H85NO6. The molecule has 0 fully saturated rings. The summed E-state index contributed by atoms with van der Waals surface area (Å²) >= 11 is 0. The van der Waals surface area contributed by atoms with Crippen LogP contribution in [-0.2, 0) is 23.8 Å². The minimum Gasteiger partial charge on any atom is -0.466 e. The summed E-state index contributed by atoms with van der Waals surface area (Å²) in [5, 5.41) is 9.52. The summed E-state index contributed by atoms with van der Waals surface area (Å²) in [6.07, 6.45) is 33.6. The van der Waals surface area contributed by atoms with Crippen LogP contribution < -0.4 is 0 Å². The van der Waals surface area contributed by atoms with E-state index >= 15 is 0 Å². The zero-order valence-electron chi connectivity index (χ0n) is 33.7. The van der Waals surface area contributed by atoms with Crippen LogP contribution in [0.4, 0.5) is 0 Å². The van der Waals surface area contributed by atoms with Gasteiger partial charge in [-0.3, -0.25) is 9.59 Å². The number of aliphatic hydroxyl groups excluding tert-OH is 1. The van der Waals surface area contributed by atoms with E-state index in [-0.39, 0.29) is 24.6 Å². The van der Waals surface area contributed by atoms with Gasteiger partial charge < -0.3 is 24.2 Å². The van der Waals surface area contributed by atoms with Crippen LogP contribution in [0, 0.1) is 0 Å². The van der Waals surface area contributed by atoms with Crippen LogP contribution in [0.2, 0.25) is 0 Å². The summed E-state index contributed by atoms with van der Waals surface area (Å²) in [7, 11) is 0. The molecule has 0 aromatic heterocycles. The third-order valence-corrected chi connectivity index (χ3v) is 9.76. The Kier molecular flexibility index (Phi) is 39.6. The SMILES string of the molecule is CCCCCCCCCCCC(=O)OCCCCCN(CCO)CCCCCCCC(=O)OC(CCCCCCCC)COCCCCCC. The van der Waals surface area contributed by atoms with E-state index in [2.05, 4.69) is 25.7 Å². The van der Waals surface area contributed by atoms with Gasteiger partial charge in [0.25, 0.3) is 0 Å². The number of unbranched alkanes of at least 4 members (excludes halogenated alkanes) is 22. The first-order valence-electron chi connectivity index (χ1n) is 21.8. The van der Waals surface area contributed by atoms with E-state index in [1.165, 1.54) is 96.3 Å². The lowest BCUT2D eigenvalue weighted by Gasteiger charge is -2.21. The van der Waals surface area contributed by atoms with Crippen molar-refractivity contribution in [3.8, 4) is 0 Å². The smallest absolute Gasteiger partial charge is 0.306 e. The van der Waals surface area contributed by atoms with Gasteiger partial charge in [-0.05, 0) is 70.9 Å². The number of rotatable bonds is 41. The van der Waals surface area contributed by atoms with Crippen LogP contribution in [-0.4, -0.2) is 74.1 Å². The Morgan fingerprint density at radius 2 is 0.940 bits per heavy atom. The van der Waals surface area contributed by atoms with E-state index in [0.717, 1.165) is 103 Å². The molecule has 0 saturated heterocycles. The zero-order valence-corrected chi connectivity index (χ0v) is 33.7. The van der Waals surface area contributed by atoms with Crippen molar-refractivity contribution >= 4 is 11.9 Å². The van der Waals surface area contributed by atoms with E-state index in [4.69, 9.17) is 14.2 Å². The van der Waals surface area contributed by atoms with Crippen LogP contribution >= 0.6 is 0 Å². The third kappa shape index (κ3) is 36.6. The van der Waals surface area contributed by atoms with Crippen molar-refractivity contribution < 1.29 is 28.9 Å². The summed E-state index contributed by atoms with van der Waals surface area (Å²) < 4.78 is 17.2. The third-order valence-electron chi connectivity index (χ3n) is 9.76. The highest BCUT2D eigenvalue weighted by Crippen LogP contribution is 2.15. The number of aliphatic hydroxyl groups is 1. The predicted octanol–water partition coefficient (Wildman–Crippen LogP) is 11.5. The van der Waals surface area contributed by atoms with Gasteiger partial charge in [0, 0.05) is 26.0 Å². The molecular weight excluding hydrogens is 626 g/mol. The molecule has 0 saturated carbocycles. The number of carbonyl (C=O) groups excluding carboxylic acids is 2. The summed E-state index contributed by atoms with van der Waals surface area (Å²) in [6, 6.07) is 0. The number of nitrogens with zero attached hydrogens (tertiary/aromatic N) is 1. The normalized spacial score (nSPS) is 12.1. The molecule has 0 spiro atoms. The molecule has 7 nitrogen and oxygen atoms in total. The number of carbonyl (C=O) groups is 2. The molecule has 0 aliphatic carbocycles. The first-order chi connectivity index (χ1) is 24.6. The fraction of sp³-hybridized carbons (Fsp3) is 0.953. The molecule has 0 aromatic rings. The molecule has 0 bridgehead atoms. The molecule has 1 N–H and O–H groups in total. The predicted molar refractivity (Wildman–Crippen MR) is 211 cm³/mol. The number of ether oxygens (including phenoxy) is 3. The Bertz CT molecular complexity index is 689. The van der Waals surface area contributed by atoms with Crippen LogP contribution in [0.5, 0.6) is 0 Å². The number of esters is 2. The van der Waals surface area contributed by atoms with E-state index in [1.807, 2.05) is 0 Å². The van der Waals surface area contributed by atoms with Gasteiger partial charge in [-0.1, -0.05) is 143 Å². The van der Waals surface area contributed by atoms with E-state index in [1.54, 1.807) is 0 Å². The van der Waals surface area contributed by atoms with Gasteiger partial charge in [-0.2, -0.15) is 0 Å². The van der Waals surface area contributed by atoms with Crippen LogP contribution in [0.1, 0.15) is 213 Å². The van der Waals surface area contributed by atoms with Crippen molar-refractivity contribution in [3.63, 3.8) is 0 Å². The average Bonchev–Trinajstić information content (AvgIpc) is 3.11. The van der Waals surface area contributed by atoms with Gasteiger partial charge in [0.15, 0.2) is 0 Å². The first-order valence-corrected chi connectivity index (χ1v) is 21.8. The van der Waals surface area contributed by atoms with Crippen molar-refractivity contribution in [2.75, 3.05) is 46.1 Å². The Morgan fingerprint density at radius 1 is 0.500 bits per heavy atom. The molecule has 0 amide bonds. The molecule has 0 heterocycles. The molecule has 0 aliphatic rings. The minimum atomic E-state index is -0.109. The Hall–Kier alpha value is -1.18. The molecule has 0 aromatic carbocycles. The number of hydrogen-bond donors (Lipinski definition) is 1. The highest BCUT2D eigenvalue weighted by molar-refractivity contribution is 5.69. The van der Waals surface area contributed by atoms with E-state index in [0.29, 0.717) is 32.6 Å². The molecule has 0 radical (unpaired) electrons. The number of hydrogen-bond acceptors (Lipinski definition) is 7.